The molecule has 2 amide bonds. The zero-order valence-corrected chi connectivity index (χ0v) is 18.3. The summed E-state index contributed by atoms with van der Waals surface area (Å²) in [6, 6.07) is 2.81. The Morgan fingerprint density at radius 1 is 1.12 bits per heavy atom. The molecule has 0 saturated carbocycles. The number of furan rings is 1. The third-order valence-electron chi connectivity index (χ3n) is 5.76. The number of aromatic nitrogens is 3. The van der Waals surface area contributed by atoms with Gasteiger partial charge >= 0.3 is 0 Å². The van der Waals surface area contributed by atoms with E-state index in [1.807, 2.05) is 0 Å². The van der Waals surface area contributed by atoms with E-state index in [9.17, 15) is 14.4 Å². The van der Waals surface area contributed by atoms with Gasteiger partial charge in [0.1, 0.15) is 23.2 Å². The van der Waals surface area contributed by atoms with E-state index in [-0.39, 0.29) is 33.7 Å². The molecule has 0 aromatic carbocycles. The van der Waals surface area contributed by atoms with Crippen LogP contribution >= 0.6 is 0 Å². The Hall–Kier alpha value is -3.57. The Labute approximate surface area is 189 Å². The molecule has 1 saturated heterocycles. The first kappa shape index (κ1) is 22.6. The van der Waals surface area contributed by atoms with E-state index < -0.39 is 11.8 Å². The van der Waals surface area contributed by atoms with Gasteiger partial charge in [-0.2, -0.15) is 0 Å². The fourth-order valence-corrected chi connectivity index (χ4v) is 4.07. The zero-order valence-electron chi connectivity index (χ0n) is 18.3. The lowest BCUT2D eigenvalue weighted by Crippen LogP contribution is -2.32. The van der Waals surface area contributed by atoms with Gasteiger partial charge in [0, 0.05) is 6.54 Å². The maximum atomic E-state index is 13.1. The average molecular weight is 454 g/mol. The van der Waals surface area contributed by atoms with Crippen LogP contribution in [0.15, 0.2) is 33.9 Å². The highest BCUT2D eigenvalue weighted by Gasteiger charge is 2.23. The summed E-state index contributed by atoms with van der Waals surface area (Å²) in [5, 5.41) is 11.5. The standard InChI is InChI=1S/C22H26N6O5/c1-14-17(20(30)25-15-6-7-16(23-12-15)19(29)26-32)18-21(33-14)24-13-28(22(18)31)11-5-10-27-8-3-2-4-9-27/h6-7,12-13,32H,2-5,8-11H2,1H3,(H,25,30)(H,26,29). The largest absolute Gasteiger partial charge is 0.442 e. The van der Waals surface area contributed by atoms with Crippen molar-refractivity contribution in [2.24, 2.45) is 0 Å². The van der Waals surface area contributed by atoms with E-state index >= 15 is 0 Å². The van der Waals surface area contributed by atoms with Gasteiger partial charge in [-0.1, -0.05) is 6.42 Å². The molecule has 1 fully saturated rings. The molecule has 0 unspecified atom stereocenters. The van der Waals surface area contributed by atoms with Gasteiger partial charge in [0.05, 0.1) is 17.4 Å². The predicted molar refractivity (Wildman–Crippen MR) is 119 cm³/mol. The van der Waals surface area contributed by atoms with Gasteiger partial charge in [-0.05, 0) is 58.0 Å². The molecule has 4 heterocycles. The normalized spacial score (nSPS) is 14.4. The van der Waals surface area contributed by atoms with E-state index in [2.05, 4.69) is 20.2 Å². The third-order valence-corrected chi connectivity index (χ3v) is 5.76. The number of hydrogen-bond donors (Lipinski definition) is 3. The summed E-state index contributed by atoms with van der Waals surface area (Å²) in [6.07, 6.45) is 7.25. The number of piperidine rings is 1. The minimum absolute atomic E-state index is 0.0166. The van der Waals surface area contributed by atoms with E-state index in [1.54, 1.807) is 6.92 Å². The number of nitrogens with one attached hydrogen (secondary N) is 2. The summed E-state index contributed by atoms with van der Waals surface area (Å²) >= 11 is 0. The number of carbonyl (C=O) groups is 2. The highest BCUT2D eigenvalue weighted by Crippen LogP contribution is 2.22. The summed E-state index contributed by atoms with van der Waals surface area (Å²) in [5.41, 5.74) is 1.69. The molecule has 1 aliphatic heterocycles. The maximum absolute atomic E-state index is 13.1. The topological polar surface area (TPSA) is 143 Å². The lowest BCUT2D eigenvalue weighted by molar-refractivity contribution is 0.0700. The number of likely N-dealkylation sites (tertiary alicyclic amines) is 1. The summed E-state index contributed by atoms with van der Waals surface area (Å²) in [6.45, 7) is 5.21. The SMILES string of the molecule is Cc1oc2ncn(CCCN3CCCCC3)c(=O)c2c1C(=O)Nc1ccc(C(=O)NO)nc1. The quantitative estimate of drug-likeness (QED) is 0.363. The Bertz CT molecular complexity index is 1210. The number of rotatable bonds is 7. The Kier molecular flexibility index (Phi) is 6.80. The molecule has 0 spiro atoms. The van der Waals surface area contributed by atoms with Crippen molar-refractivity contribution in [2.45, 2.75) is 39.2 Å². The third kappa shape index (κ3) is 4.94. The molecule has 1 aliphatic rings. The summed E-state index contributed by atoms with van der Waals surface area (Å²) < 4.78 is 7.08. The van der Waals surface area contributed by atoms with E-state index in [0.717, 1.165) is 26.1 Å². The summed E-state index contributed by atoms with van der Waals surface area (Å²) in [7, 11) is 0. The van der Waals surface area contributed by atoms with E-state index in [0.29, 0.717) is 12.2 Å². The first-order valence-corrected chi connectivity index (χ1v) is 10.9. The van der Waals surface area contributed by atoms with Crippen LogP contribution in [-0.2, 0) is 6.54 Å². The van der Waals surface area contributed by atoms with Gasteiger partial charge in [0.2, 0.25) is 5.71 Å². The number of anilines is 1. The first-order chi connectivity index (χ1) is 16.0. The molecule has 0 atom stereocenters. The summed E-state index contributed by atoms with van der Waals surface area (Å²) in [5.74, 6) is -1.03. The minimum atomic E-state index is -0.767. The number of pyridine rings is 1. The van der Waals surface area contributed by atoms with Crippen LogP contribution in [0.2, 0.25) is 0 Å². The molecule has 3 aromatic heterocycles. The molecule has 0 aliphatic carbocycles. The van der Waals surface area contributed by atoms with Crippen molar-refractivity contribution in [1.82, 2.24) is 24.9 Å². The van der Waals surface area contributed by atoms with E-state index in [4.69, 9.17) is 9.62 Å². The molecule has 33 heavy (non-hydrogen) atoms. The Morgan fingerprint density at radius 3 is 2.61 bits per heavy atom. The highest BCUT2D eigenvalue weighted by atomic mass is 16.5. The van der Waals surface area contributed by atoms with Crippen LogP contribution < -0.4 is 16.4 Å². The number of hydroxylamine groups is 1. The number of fused-ring (bicyclic) bond motifs is 1. The van der Waals surface area contributed by atoms with Crippen LogP contribution in [-0.4, -0.2) is 56.1 Å². The highest BCUT2D eigenvalue weighted by molar-refractivity contribution is 6.12. The van der Waals surface area contributed by atoms with Gasteiger partial charge in [0.15, 0.2) is 0 Å². The van der Waals surface area contributed by atoms with Crippen molar-refractivity contribution < 1.29 is 19.2 Å². The van der Waals surface area contributed by atoms with Crippen molar-refractivity contribution in [3.05, 3.63) is 52.0 Å². The smallest absolute Gasteiger partial charge is 0.293 e. The van der Waals surface area contributed by atoms with E-state index in [1.165, 1.54) is 54.0 Å². The van der Waals surface area contributed by atoms with Gasteiger partial charge in [0.25, 0.3) is 17.4 Å². The number of carbonyl (C=O) groups excluding carboxylic acids is 2. The Balaban J connectivity index is 1.52. The molecule has 174 valence electrons. The molecule has 11 heteroatoms. The van der Waals surface area contributed by atoms with Crippen LogP contribution in [0.5, 0.6) is 0 Å². The number of amides is 2. The lowest BCUT2D eigenvalue weighted by Gasteiger charge is -2.26. The van der Waals surface area contributed by atoms with Crippen molar-refractivity contribution in [1.29, 1.82) is 0 Å². The molecular formula is C22H26N6O5. The first-order valence-electron chi connectivity index (χ1n) is 10.9. The number of hydrogen-bond acceptors (Lipinski definition) is 8. The van der Waals surface area contributed by atoms with Crippen molar-refractivity contribution in [3.63, 3.8) is 0 Å². The van der Waals surface area contributed by atoms with Crippen LogP contribution in [0.3, 0.4) is 0 Å². The van der Waals surface area contributed by atoms with Crippen LogP contribution in [0.4, 0.5) is 5.69 Å². The molecule has 0 radical (unpaired) electrons. The van der Waals surface area contributed by atoms with Crippen molar-refractivity contribution in [2.75, 3.05) is 25.0 Å². The molecule has 4 rings (SSSR count). The van der Waals surface area contributed by atoms with Gasteiger partial charge < -0.3 is 14.6 Å². The second-order valence-corrected chi connectivity index (χ2v) is 8.04. The minimum Gasteiger partial charge on any atom is -0.442 e. The van der Waals surface area contributed by atoms with Gasteiger partial charge in [-0.25, -0.2) is 15.4 Å². The zero-order chi connectivity index (χ0) is 23.4. The van der Waals surface area contributed by atoms with Gasteiger partial charge in [-0.3, -0.25) is 24.2 Å². The van der Waals surface area contributed by atoms with Crippen molar-refractivity contribution >= 4 is 28.6 Å². The second kappa shape index (κ2) is 9.92. The second-order valence-electron chi connectivity index (χ2n) is 8.04. The molecule has 3 aromatic rings. The van der Waals surface area contributed by atoms with Crippen LogP contribution in [0.25, 0.3) is 11.1 Å². The van der Waals surface area contributed by atoms with Crippen molar-refractivity contribution in [3.8, 4) is 0 Å². The van der Waals surface area contributed by atoms with Gasteiger partial charge in [-0.15, -0.1) is 0 Å². The maximum Gasteiger partial charge on any atom is 0.293 e. The molecule has 0 bridgehead atoms. The average Bonchev–Trinajstić information content (AvgIpc) is 3.18. The van der Waals surface area contributed by atoms with Crippen LogP contribution in [0, 0.1) is 6.92 Å². The predicted octanol–water partition coefficient (Wildman–Crippen LogP) is 1.94. The molecule has 11 nitrogen and oxygen atoms in total. The number of aryl methyl sites for hydroxylation is 2. The van der Waals surface area contributed by atoms with Crippen LogP contribution in [0.1, 0.15) is 52.3 Å². The monoisotopic (exact) mass is 454 g/mol. The lowest BCUT2D eigenvalue weighted by atomic mass is 10.1. The fourth-order valence-electron chi connectivity index (χ4n) is 4.07. The molecule has 3 N–H and O–H groups in total. The summed E-state index contributed by atoms with van der Waals surface area (Å²) in [4.78, 5) is 48.0. The Morgan fingerprint density at radius 2 is 1.91 bits per heavy atom. The number of nitrogens with zero attached hydrogens (tertiary/aromatic N) is 4. The fraction of sp³-hybridized carbons (Fsp3) is 0.409. The molecular weight excluding hydrogens is 428 g/mol.